The fourth-order valence-electron chi connectivity index (χ4n) is 3.05. The van der Waals surface area contributed by atoms with Crippen LogP contribution in [0.3, 0.4) is 0 Å². The van der Waals surface area contributed by atoms with Crippen LogP contribution in [0.15, 0.2) is 48.2 Å². The van der Waals surface area contributed by atoms with Gasteiger partial charge in [0.1, 0.15) is 0 Å². The van der Waals surface area contributed by atoms with Crippen LogP contribution in [0, 0.1) is 0 Å². The third-order valence-electron chi connectivity index (χ3n) is 4.12. The molecule has 1 aliphatic rings. The number of hydrogen-bond acceptors (Lipinski definition) is 7. The Balaban J connectivity index is 1.51. The largest absolute Gasteiger partial charge is 0.300 e. The van der Waals surface area contributed by atoms with E-state index in [0.717, 1.165) is 36.0 Å². The second-order valence-corrected chi connectivity index (χ2v) is 6.61. The Morgan fingerprint density at radius 1 is 1.12 bits per heavy atom. The molecule has 1 saturated heterocycles. The van der Waals surface area contributed by atoms with Gasteiger partial charge in [-0.1, -0.05) is 6.07 Å². The number of nitrogens with zero attached hydrogens (tertiary/aromatic N) is 5. The van der Waals surface area contributed by atoms with Crippen LogP contribution in [-0.2, 0) is 6.54 Å². The maximum Gasteiger partial charge on any atom is 0.229 e. The van der Waals surface area contributed by atoms with Gasteiger partial charge in [0.2, 0.25) is 5.95 Å². The highest BCUT2D eigenvalue weighted by atomic mass is 32.1. The summed E-state index contributed by atoms with van der Waals surface area (Å²) in [6.07, 6.45) is 7.72. The van der Waals surface area contributed by atoms with Crippen LogP contribution in [0.1, 0.15) is 30.3 Å². The van der Waals surface area contributed by atoms with E-state index in [1.54, 1.807) is 6.20 Å². The van der Waals surface area contributed by atoms with Gasteiger partial charge >= 0.3 is 0 Å². The Morgan fingerprint density at radius 3 is 2.96 bits per heavy atom. The molecule has 3 aromatic rings. The summed E-state index contributed by atoms with van der Waals surface area (Å²) in [5.41, 5.74) is 2.15. The SMILES string of the molecule is c1ccc(CN2CCC[C@H]2c2ccnc(Nc3nccs3)n2)nc1. The second-order valence-electron chi connectivity index (χ2n) is 5.72. The second kappa shape index (κ2) is 7.02. The highest BCUT2D eigenvalue weighted by Crippen LogP contribution is 2.32. The van der Waals surface area contributed by atoms with Gasteiger partial charge in [-0.05, 0) is 37.6 Å². The van der Waals surface area contributed by atoms with Crippen LogP contribution in [0.5, 0.6) is 0 Å². The lowest BCUT2D eigenvalue weighted by atomic mass is 10.1. The van der Waals surface area contributed by atoms with Crippen molar-refractivity contribution in [2.45, 2.75) is 25.4 Å². The summed E-state index contributed by atoms with van der Waals surface area (Å²) in [5.74, 6) is 0.604. The van der Waals surface area contributed by atoms with Crippen LogP contribution in [-0.4, -0.2) is 31.4 Å². The normalized spacial score (nSPS) is 17.9. The Morgan fingerprint density at radius 2 is 2.12 bits per heavy atom. The van der Waals surface area contributed by atoms with E-state index < -0.39 is 0 Å². The van der Waals surface area contributed by atoms with Gasteiger partial charge in [0.15, 0.2) is 5.13 Å². The van der Waals surface area contributed by atoms with E-state index in [-0.39, 0.29) is 0 Å². The van der Waals surface area contributed by atoms with E-state index in [1.807, 2.05) is 36.0 Å². The number of rotatable bonds is 5. The van der Waals surface area contributed by atoms with Crippen LogP contribution >= 0.6 is 11.3 Å². The predicted octanol–water partition coefficient (Wildman–Crippen LogP) is 3.41. The van der Waals surface area contributed by atoms with E-state index in [0.29, 0.717) is 12.0 Å². The van der Waals surface area contributed by atoms with Crippen LogP contribution in [0.2, 0.25) is 0 Å². The number of nitrogens with one attached hydrogen (secondary N) is 1. The van der Waals surface area contributed by atoms with E-state index >= 15 is 0 Å². The standard InChI is InChI=1S/C17H18N6S/c1-2-7-18-13(4-1)12-23-10-3-5-15(23)14-6-8-19-16(21-14)22-17-20-9-11-24-17/h1-2,4,6-9,11,15H,3,5,10,12H2,(H,19,20,21,22)/t15-/m0/s1. The van der Waals surface area contributed by atoms with Crippen molar-refractivity contribution in [1.82, 2.24) is 24.8 Å². The molecule has 1 atom stereocenters. The maximum absolute atomic E-state index is 4.70. The molecule has 3 aromatic heterocycles. The molecule has 7 heteroatoms. The third kappa shape index (κ3) is 3.42. The zero-order chi connectivity index (χ0) is 16.2. The molecule has 0 bridgehead atoms. The maximum atomic E-state index is 4.70. The average Bonchev–Trinajstić information content (AvgIpc) is 3.28. The van der Waals surface area contributed by atoms with E-state index in [9.17, 15) is 0 Å². The van der Waals surface area contributed by atoms with Gasteiger partial charge in [-0.3, -0.25) is 9.88 Å². The lowest BCUT2D eigenvalue weighted by Gasteiger charge is -2.23. The third-order valence-corrected chi connectivity index (χ3v) is 4.81. The first kappa shape index (κ1) is 15.2. The van der Waals surface area contributed by atoms with Crippen molar-refractivity contribution in [1.29, 1.82) is 0 Å². The number of pyridine rings is 1. The zero-order valence-electron chi connectivity index (χ0n) is 13.2. The topological polar surface area (TPSA) is 66.8 Å². The van der Waals surface area contributed by atoms with Gasteiger partial charge in [0.25, 0.3) is 0 Å². The molecule has 1 aliphatic heterocycles. The molecule has 0 aliphatic carbocycles. The monoisotopic (exact) mass is 338 g/mol. The number of likely N-dealkylation sites (tertiary alicyclic amines) is 1. The van der Waals surface area contributed by atoms with Crippen molar-refractivity contribution in [3.05, 3.63) is 59.6 Å². The van der Waals surface area contributed by atoms with Gasteiger partial charge in [0, 0.05) is 30.5 Å². The minimum Gasteiger partial charge on any atom is -0.300 e. The van der Waals surface area contributed by atoms with Crippen molar-refractivity contribution in [3.8, 4) is 0 Å². The Labute approximate surface area is 144 Å². The summed E-state index contributed by atoms with van der Waals surface area (Å²) in [6, 6.07) is 8.38. The predicted molar refractivity (Wildman–Crippen MR) is 94.1 cm³/mol. The van der Waals surface area contributed by atoms with Crippen LogP contribution in [0.4, 0.5) is 11.1 Å². The van der Waals surface area contributed by atoms with Gasteiger partial charge in [-0.15, -0.1) is 11.3 Å². The Bertz CT molecular complexity index is 777. The van der Waals surface area contributed by atoms with Gasteiger partial charge < -0.3 is 5.32 Å². The van der Waals surface area contributed by atoms with Crippen LogP contribution < -0.4 is 5.32 Å². The smallest absolute Gasteiger partial charge is 0.229 e. The molecule has 24 heavy (non-hydrogen) atoms. The van der Waals surface area contributed by atoms with Crippen molar-refractivity contribution in [2.24, 2.45) is 0 Å². The molecule has 0 saturated carbocycles. The van der Waals surface area contributed by atoms with E-state index in [4.69, 9.17) is 4.98 Å². The average molecular weight is 338 g/mol. The number of anilines is 2. The van der Waals surface area contributed by atoms with Crippen LogP contribution in [0.25, 0.3) is 0 Å². The zero-order valence-corrected chi connectivity index (χ0v) is 14.0. The highest BCUT2D eigenvalue weighted by Gasteiger charge is 2.27. The molecule has 1 N–H and O–H groups in total. The van der Waals surface area contributed by atoms with E-state index in [1.165, 1.54) is 17.8 Å². The van der Waals surface area contributed by atoms with Crippen molar-refractivity contribution in [2.75, 3.05) is 11.9 Å². The van der Waals surface area contributed by atoms with Gasteiger partial charge in [0.05, 0.1) is 17.4 Å². The molecule has 0 unspecified atom stereocenters. The van der Waals surface area contributed by atoms with Crippen molar-refractivity contribution >= 4 is 22.4 Å². The molecule has 0 radical (unpaired) electrons. The summed E-state index contributed by atoms with van der Waals surface area (Å²) in [6.45, 7) is 1.92. The molecule has 4 rings (SSSR count). The molecule has 1 fully saturated rings. The van der Waals surface area contributed by atoms with Gasteiger partial charge in [-0.25, -0.2) is 15.0 Å². The quantitative estimate of drug-likeness (QED) is 0.769. The summed E-state index contributed by atoms with van der Waals surface area (Å²) >= 11 is 1.54. The molecule has 0 aromatic carbocycles. The van der Waals surface area contributed by atoms with Crippen molar-refractivity contribution < 1.29 is 0 Å². The highest BCUT2D eigenvalue weighted by molar-refractivity contribution is 7.13. The molecule has 122 valence electrons. The molecular formula is C17H18N6S. The molecule has 0 spiro atoms. The first-order valence-corrected chi connectivity index (χ1v) is 8.90. The Hall–Kier alpha value is -2.38. The minimum absolute atomic E-state index is 0.312. The van der Waals surface area contributed by atoms with Crippen molar-refractivity contribution in [3.63, 3.8) is 0 Å². The number of hydrogen-bond donors (Lipinski definition) is 1. The lowest BCUT2D eigenvalue weighted by molar-refractivity contribution is 0.241. The molecule has 0 amide bonds. The first-order chi connectivity index (χ1) is 11.9. The summed E-state index contributed by atoms with van der Waals surface area (Å²) in [4.78, 5) is 20.1. The first-order valence-electron chi connectivity index (χ1n) is 8.02. The Kier molecular flexibility index (Phi) is 4.44. The number of thiazole rings is 1. The fraction of sp³-hybridized carbons (Fsp3) is 0.294. The summed E-state index contributed by atoms with van der Waals surface area (Å²) in [7, 11) is 0. The molecular weight excluding hydrogens is 320 g/mol. The van der Waals surface area contributed by atoms with E-state index in [2.05, 4.69) is 31.2 Å². The summed E-state index contributed by atoms with van der Waals surface area (Å²) in [5, 5.41) is 5.90. The minimum atomic E-state index is 0.312. The fourth-order valence-corrected chi connectivity index (χ4v) is 3.57. The molecule has 6 nitrogen and oxygen atoms in total. The number of aromatic nitrogens is 4. The van der Waals surface area contributed by atoms with Gasteiger partial charge in [-0.2, -0.15) is 0 Å². The summed E-state index contributed by atoms with van der Waals surface area (Å²) < 4.78 is 0. The molecule has 4 heterocycles. The lowest BCUT2D eigenvalue weighted by Crippen LogP contribution is -2.24.